The quantitative estimate of drug-likeness (QED) is 0.440. The average Bonchev–Trinajstić information content (AvgIpc) is 2.47. The molecule has 0 atom stereocenters. The molecule has 0 N–H and O–H groups in total. The van der Waals surface area contributed by atoms with Crippen molar-refractivity contribution in [3.05, 3.63) is 47.2 Å². The van der Waals surface area contributed by atoms with Crippen LogP contribution in [0.25, 0.3) is 11.3 Å². The number of nitrogens with zero attached hydrogens (tertiary/aromatic N) is 1. The summed E-state index contributed by atoms with van der Waals surface area (Å²) in [5.74, 6) is 8.90. The predicted molar refractivity (Wildman–Crippen MR) is 118 cm³/mol. The summed E-state index contributed by atoms with van der Waals surface area (Å²) in [6, 6.07) is 9.52. The van der Waals surface area contributed by atoms with E-state index in [9.17, 15) is 0 Å². The van der Waals surface area contributed by atoms with Gasteiger partial charge in [0.2, 0.25) is 0 Å². The van der Waals surface area contributed by atoms with E-state index in [1.165, 1.54) is 28.8 Å². The maximum absolute atomic E-state index is 2.50. The van der Waals surface area contributed by atoms with E-state index in [2.05, 4.69) is 94.0 Å². The number of aryl methyl sites for hydroxylation is 2. The molecule has 0 spiro atoms. The van der Waals surface area contributed by atoms with Gasteiger partial charge >= 0.3 is 164 Å². The zero-order valence-electron chi connectivity index (χ0n) is 18.4. The van der Waals surface area contributed by atoms with Crippen LogP contribution in [0.1, 0.15) is 44.4 Å². The summed E-state index contributed by atoms with van der Waals surface area (Å²) in [6.45, 7) is 11.5. The van der Waals surface area contributed by atoms with Crippen LogP contribution in [-0.4, -0.2) is 13.3 Å². The Morgan fingerprint density at radius 2 is 1.54 bits per heavy atom. The van der Waals surface area contributed by atoms with Gasteiger partial charge in [-0.25, -0.2) is 0 Å². The molecule has 0 aliphatic carbocycles. The number of benzene rings is 1. The Bertz CT molecular complexity index is 767. The van der Waals surface area contributed by atoms with Crippen LogP contribution in [0.3, 0.4) is 0 Å². The zero-order chi connectivity index (χ0) is 19.6. The summed E-state index contributed by atoms with van der Waals surface area (Å²) in [6.07, 6.45) is 4.77. The second-order valence-electron chi connectivity index (χ2n) is 9.80. The molecule has 0 unspecified atom stereocenters. The molecule has 1 aromatic heterocycles. The van der Waals surface area contributed by atoms with Gasteiger partial charge in [-0.2, -0.15) is 0 Å². The Balaban J connectivity index is 2.56. The third kappa shape index (κ3) is 5.22. The minimum atomic E-state index is -1.90. The van der Waals surface area contributed by atoms with E-state index in [1.54, 1.807) is 9.96 Å². The maximum atomic E-state index is 2.50. The molecule has 2 heteroatoms. The second kappa shape index (κ2) is 8.29. The molecule has 0 fully saturated rings. The van der Waals surface area contributed by atoms with Gasteiger partial charge in [-0.05, 0) is 0 Å². The Hall–Kier alpha value is -1.09. The molecule has 0 aliphatic rings. The molecule has 1 heterocycles. The molecule has 2 rings (SSSR count). The zero-order valence-corrected chi connectivity index (χ0v) is 20.5. The van der Waals surface area contributed by atoms with Crippen molar-refractivity contribution in [2.45, 2.75) is 64.7 Å². The van der Waals surface area contributed by atoms with Crippen LogP contribution in [0.2, 0.25) is 17.3 Å². The van der Waals surface area contributed by atoms with Gasteiger partial charge in [0.25, 0.3) is 0 Å². The van der Waals surface area contributed by atoms with E-state index in [0.29, 0.717) is 11.8 Å². The van der Waals surface area contributed by atoms with E-state index in [1.807, 2.05) is 0 Å². The molecule has 26 heavy (non-hydrogen) atoms. The summed E-state index contributed by atoms with van der Waals surface area (Å²) in [5.41, 5.74) is 7.14. The molecule has 1 aromatic carbocycles. The van der Waals surface area contributed by atoms with Crippen LogP contribution < -0.4 is 8.96 Å². The fraction of sp³-hybridized carbons (Fsp3) is 0.542. The van der Waals surface area contributed by atoms with Gasteiger partial charge in [0.05, 0.1) is 0 Å². The molecular weight excluding hydrogens is 375 g/mol. The average molecular weight is 413 g/mol. The monoisotopic (exact) mass is 414 g/mol. The molecule has 2 aromatic rings. The first kappa shape index (κ1) is 21.2. The summed E-state index contributed by atoms with van der Waals surface area (Å²) in [7, 11) is 2.22. The number of pyridine rings is 1. The number of rotatable bonds is 6. The fourth-order valence-electron chi connectivity index (χ4n) is 3.85. The van der Waals surface area contributed by atoms with E-state index in [4.69, 9.17) is 0 Å². The van der Waals surface area contributed by atoms with E-state index < -0.39 is 13.3 Å². The summed E-state index contributed by atoms with van der Waals surface area (Å²) < 4.78 is 4.01. The van der Waals surface area contributed by atoms with Gasteiger partial charge < -0.3 is 0 Å². The number of hydrogen-bond acceptors (Lipinski definition) is 0. The van der Waals surface area contributed by atoms with Gasteiger partial charge in [0.1, 0.15) is 0 Å². The van der Waals surface area contributed by atoms with Gasteiger partial charge in [-0.3, -0.25) is 0 Å². The second-order valence-corrected chi connectivity index (χ2v) is 20.4. The predicted octanol–water partition coefficient (Wildman–Crippen LogP) is 5.43. The van der Waals surface area contributed by atoms with E-state index in [0.717, 1.165) is 6.42 Å². The van der Waals surface area contributed by atoms with Crippen molar-refractivity contribution >= 4 is 17.7 Å². The number of hydrogen-bond donors (Lipinski definition) is 0. The molecule has 0 radical (unpaired) electrons. The molecule has 0 saturated heterocycles. The molecule has 142 valence electrons. The molecule has 1 nitrogen and oxygen atoms in total. The first-order chi connectivity index (χ1) is 12.0. The van der Waals surface area contributed by atoms with Crippen molar-refractivity contribution in [2.24, 2.45) is 18.9 Å². The molecule has 0 aliphatic heterocycles. The molecular formula is C24H38GeN+. The normalized spacial score (nSPS) is 12.3. The topological polar surface area (TPSA) is 3.88 Å². The van der Waals surface area contributed by atoms with Crippen LogP contribution >= 0.6 is 0 Å². The van der Waals surface area contributed by atoms with Crippen LogP contribution in [-0.2, 0) is 19.9 Å². The van der Waals surface area contributed by atoms with Gasteiger partial charge in [-0.1, -0.05) is 0 Å². The third-order valence-corrected chi connectivity index (χ3v) is 9.34. The Kier molecular flexibility index (Phi) is 6.77. The van der Waals surface area contributed by atoms with Crippen LogP contribution in [0.5, 0.6) is 0 Å². The minimum absolute atomic E-state index is 0.688. The standard InChI is InChI=1S/C24H38GeN/c1-17(2)12-20-10-11-22(19(5)14-20)24-15-21(13-18(3)4)23(16-26(24)9)25(6,7)8/h10-11,14-18H,12-13H2,1-9H3/q+1. The van der Waals surface area contributed by atoms with E-state index in [-0.39, 0.29) is 0 Å². The van der Waals surface area contributed by atoms with E-state index >= 15 is 0 Å². The fourth-order valence-corrected chi connectivity index (χ4v) is 7.46. The first-order valence-electron chi connectivity index (χ1n) is 10.1. The van der Waals surface area contributed by atoms with Gasteiger partial charge in [0.15, 0.2) is 0 Å². The van der Waals surface area contributed by atoms with Crippen molar-refractivity contribution in [1.82, 2.24) is 0 Å². The van der Waals surface area contributed by atoms with Crippen LogP contribution in [0, 0.1) is 18.8 Å². The molecule has 0 amide bonds. The SMILES string of the molecule is Cc1cc(CC(C)C)ccc1-c1cc(CC(C)C)[c]([Ge]([CH3])([CH3])[CH3])c[n+]1C. The summed E-state index contributed by atoms with van der Waals surface area (Å²) >= 11 is -1.90. The van der Waals surface area contributed by atoms with Crippen molar-refractivity contribution in [1.29, 1.82) is 0 Å². The number of aromatic nitrogens is 1. The van der Waals surface area contributed by atoms with Crippen molar-refractivity contribution in [3.63, 3.8) is 0 Å². The first-order valence-corrected chi connectivity index (χ1v) is 17.5. The van der Waals surface area contributed by atoms with Crippen LogP contribution in [0.15, 0.2) is 30.5 Å². The van der Waals surface area contributed by atoms with Crippen molar-refractivity contribution < 1.29 is 4.57 Å². The van der Waals surface area contributed by atoms with Gasteiger partial charge in [0, 0.05) is 0 Å². The Labute approximate surface area is 164 Å². The summed E-state index contributed by atoms with van der Waals surface area (Å²) in [5, 5.41) is 0. The molecule has 0 bridgehead atoms. The van der Waals surface area contributed by atoms with Crippen molar-refractivity contribution in [3.8, 4) is 11.3 Å². The molecule has 0 saturated carbocycles. The summed E-state index contributed by atoms with van der Waals surface area (Å²) in [4.78, 5) is 0. The van der Waals surface area contributed by atoms with Crippen molar-refractivity contribution in [2.75, 3.05) is 0 Å². The van der Waals surface area contributed by atoms with Gasteiger partial charge in [-0.15, -0.1) is 0 Å². The Morgan fingerprint density at radius 1 is 0.923 bits per heavy atom. The Morgan fingerprint density at radius 3 is 2.04 bits per heavy atom. The third-order valence-electron chi connectivity index (χ3n) is 5.01. The van der Waals surface area contributed by atoms with Crippen LogP contribution in [0.4, 0.5) is 0 Å².